The summed E-state index contributed by atoms with van der Waals surface area (Å²) < 4.78 is 0. The van der Waals surface area contributed by atoms with Crippen LogP contribution >= 0.6 is 0 Å². The smallest absolute Gasteiger partial charge is 0.0830 e. The van der Waals surface area contributed by atoms with Gasteiger partial charge in [-0.25, -0.2) is 0 Å². The minimum absolute atomic E-state index is 0.427. The highest BCUT2D eigenvalue weighted by atomic mass is 16.3. The summed E-state index contributed by atoms with van der Waals surface area (Å²) in [6.45, 7) is 6.54. The molecule has 0 bridgehead atoms. The molecule has 2 aromatic carbocycles. The largest absolute Gasteiger partial charge is 0.388 e. The molecule has 2 aromatic rings. The molecule has 2 rings (SSSR count). The number of aliphatic hydroxyl groups excluding tert-OH is 1. The van der Waals surface area contributed by atoms with Gasteiger partial charge in [-0.1, -0.05) is 62.4 Å². The van der Waals surface area contributed by atoms with E-state index >= 15 is 0 Å². The molecule has 0 saturated heterocycles. The van der Waals surface area contributed by atoms with Crippen LogP contribution in [-0.2, 0) is 12.8 Å². The van der Waals surface area contributed by atoms with Gasteiger partial charge in [-0.2, -0.15) is 0 Å². The Morgan fingerprint density at radius 3 is 2.15 bits per heavy atom. The molecule has 0 spiro atoms. The Balaban J connectivity index is 2.06. The first-order valence-corrected chi connectivity index (χ1v) is 7.37. The molecule has 0 saturated carbocycles. The zero-order valence-electron chi connectivity index (χ0n) is 12.6. The van der Waals surface area contributed by atoms with Gasteiger partial charge >= 0.3 is 0 Å². The number of rotatable bonds is 5. The zero-order chi connectivity index (χ0) is 14.5. The van der Waals surface area contributed by atoms with Gasteiger partial charge in [-0.15, -0.1) is 0 Å². The number of aliphatic hydroxyl groups is 1. The molecule has 1 unspecified atom stereocenters. The molecule has 20 heavy (non-hydrogen) atoms. The molecule has 0 amide bonds. The number of aryl methyl sites for hydroxylation is 1. The van der Waals surface area contributed by atoms with Gasteiger partial charge in [0.15, 0.2) is 0 Å². The molecule has 106 valence electrons. The average molecular weight is 268 g/mol. The number of hydrogen-bond acceptors (Lipinski definition) is 1. The van der Waals surface area contributed by atoms with Crippen LogP contribution in [0.4, 0.5) is 0 Å². The van der Waals surface area contributed by atoms with E-state index in [-0.39, 0.29) is 0 Å². The predicted octanol–water partition coefficient (Wildman–Crippen LogP) is 4.47. The lowest BCUT2D eigenvalue weighted by Gasteiger charge is -2.14. The summed E-state index contributed by atoms with van der Waals surface area (Å²) in [7, 11) is 0. The van der Waals surface area contributed by atoms with Crippen molar-refractivity contribution in [1.29, 1.82) is 0 Å². The normalized spacial score (nSPS) is 12.7. The van der Waals surface area contributed by atoms with E-state index in [1.165, 1.54) is 16.7 Å². The third kappa shape index (κ3) is 3.94. The van der Waals surface area contributed by atoms with Crippen molar-refractivity contribution in [2.75, 3.05) is 0 Å². The van der Waals surface area contributed by atoms with E-state index in [9.17, 15) is 5.11 Å². The SMILES string of the molecule is Cc1ccccc1CC(O)c1ccc(CC(C)C)cc1. The first kappa shape index (κ1) is 14.8. The van der Waals surface area contributed by atoms with Crippen molar-refractivity contribution in [3.05, 3.63) is 70.8 Å². The molecule has 0 aliphatic heterocycles. The maximum atomic E-state index is 10.4. The van der Waals surface area contributed by atoms with Crippen LogP contribution in [0, 0.1) is 12.8 Å². The first-order chi connectivity index (χ1) is 9.56. The van der Waals surface area contributed by atoms with Crippen molar-refractivity contribution in [3.8, 4) is 0 Å². The average Bonchev–Trinajstić information content (AvgIpc) is 2.41. The molecule has 0 heterocycles. The van der Waals surface area contributed by atoms with Gasteiger partial charge in [0.2, 0.25) is 0 Å². The molecule has 0 aliphatic carbocycles. The summed E-state index contributed by atoms with van der Waals surface area (Å²) in [6, 6.07) is 16.6. The molecule has 1 N–H and O–H groups in total. The predicted molar refractivity (Wildman–Crippen MR) is 84.8 cm³/mol. The van der Waals surface area contributed by atoms with Crippen LogP contribution in [0.15, 0.2) is 48.5 Å². The fraction of sp³-hybridized carbons (Fsp3) is 0.368. The lowest BCUT2D eigenvalue weighted by Crippen LogP contribution is -2.03. The van der Waals surface area contributed by atoms with Crippen molar-refractivity contribution >= 4 is 0 Å². The summed E-state index contributed by atoms with van der Waals surface area (Å²) in [5.41, 5.74) is 4.79. The highest BCUT2D eigenvalue weighted by Gasteiger charge is 2.10. The summed E-state index contributed by atoms with van der Waals surface area (Å²) in [5, 5.41) is 10.4. The van der Waals surface area contributed by atoms with Gasteiger partial charge in [-0.3, -0.25) is 0 Å². The Morgan fingerprint density at radius 2 is 1.55 bits per heavy atom. The maximum absolute atomic E-state index is 10.4. The van der Waals surface area contributed by atoms with Crippen LogP contribution in [0.5, 0.6) is 0 Å². The van der Waals surface area contributed by atoms with Crippen LogP contribution in [0.25, 0.3) is 0 Å². The van der Waals surface area contributed by atoms with Gasteiger partial charge in [0.05, 0.1) is 6.10 Å². The van der Waals surface area contributed by atoms with Gasteiger partial charge in [0.1, 0.15) is 0 Å². The molecule has 1 heteroatoms. The Kier molecular flexibility index (Phi) is 4.97. The Hall–Kier alpha value is -1.60. The number of hydrogen-bond donors (Lipinski definition) is 1. The van der Waals surface area contributed by atoms with Crippen molar-refractivity contribution in [3.63, 3.8) is 0 Å². The van der Waals surface area contributed by atoms with E-state index in [0.29, 0.717) is 12.3 Å². The fourth-order valence-corrected chi connectivity index (χ4v) is 2.51. The van der Waals surface area contributed by atoms with Gasteiger partial charge in [0.25, 0.3) is 0 Å². The van der Waals surface area contributed by atoms with Crippen LogP contribution in [-0.4, -0.2) is 5.11 Å². The molecule has 1 atom stereocenters. The summed E-state index contributed by atoms with van der Waals surface area (Å²) in [6.07, 6.45) is 1.34. The molecule has 0 fully saturated rings. The second-order valence-corrected chi connectivity index (χ2v) is 5.99. The van der Waals surface area contributed by atoms with Gasteiger partial charge < -0.3 is 5.11 Å². The van der Waals surface area contributed by atoms with E-state index < -0.39 is 6.10 Å². The highest BCUT2D eigenvalue weighted by molar-refractivity contribution is 5.30. The van der Waals surface area contributed by atoms with E-state index in [2.05, 4.69) is 57.2 Å². The lowest BCUT2D eigenvalue weighted by atomic mass is 9.96. The monoisotopic (exact) mass is 268 g/mol. The molecular weight excluding hydrogens is 244 g/mol. The highest BCUT2D eigenvalue weighted by Crippen LogP contribution is 2.21. The van der Waals surface area contributed by atoms with Crippen LogP contribution in [0.1, 0.15) is 42.2 Å². The van der Waals surface area contributed by atoms with E-state index in [4.69, 9.17) is 0 Å². The Bertz CT molecular complexity index is 540. The minimum atomic E-state index is -0.427. The van der Waals surface area contributed by atoms with Crippen LogP contribution < -0.4 is 0 Å². The Labute approximate surface area is 122 Å². The molecular formula is C19H24O. The van der Waals surface area contributed by atoms with E-state index in [1.54, 1.807) is 0 Å². The lowest BCUT2D eigenvalue weighted by molar-refractivity contribution is 0.178. The van der Waals surface area contributed by atoms with Crippen LogP contribution in [0.3, 0.4) is 0 Å². The second kappa shape index (κ2) is 6.71. The third-order valence-corrected chi connectivity index (χ3v) is 3.68. The fourth-order valence-electron chi connectivity index (χ4n) is 2.51. The molecule has 0 aliphatic rings. The summed E-state index contributed by atoms with van der Waals surface area (Å²) >= 11 is 0. The first-order valence-electron chi connectivity index (χ1n) is 7.37. The van der Waals surface area contributed by atoms with Crippen molar-refractivity contribution in [2.24, 2.45) is 5.92 Å². The topological polar surface area (TPSA) is 20.2 Å². The molecule has 0 aromatic heterocycles. The van der Waals surface area contributed by atoms with E-state index in [0.717, 1.165) is 12.0 Å². The molecule has 1 nitrogen and oxygen atoms in total. The summed E-state index contributed by atoms with van der Waals surface area (Å²) in [4.78, 5) is 0. The van der Waals surface area contributed by atoms with E-state index in [1.807, 2.05) is 12.1 Å². The summed E-state index contributed by atoms with van der Waals surface area (Å²) in [5.74, 6) is 0.665. The third-order valence-electron chi connectivity index (χ3n) is 3.68. The standard InChI is InChI=1S/C19H24O/c1-14(2)12-16-8-10-17(11-9-16)19(20)13-18-7-5-4-6-15(18)3/h4-11,14,19-20H,12-13H2,1-3H3. The van der Waals surface area contributed by atoms with Crippen molar-refractivity contribution < 1.29 is 5.11 Å². The van der Waals surface area contributed by atoms with Crippen molar-refractivity contribution in [2.45, 2.75) is 39.7 Å². The van der Waals surface area contributed by atoms with Crippen molar-refractivity contribution in [1.82, 2.24) is 0 Å². The second-order valence-electron chi connectivity index (χ2n) is 5.99. The van der Waals surface area contributed by atoms with Gasteiger partial charge in [0, 0.05) is 6.42 Å². The Morgan fingerprint density at radius 1 is 0.900 bits per heavy atom. The maximum Gasteiger partial charge on any atom is 0.0830 e. The quantitative estimate of drug-likeness (QED) is 0.848. The molecule has 0 radical (unpaired) electrons. The number of benzene rings is 2. The zero-order valence-corrected chi connectivity index (χ0v) is 12.6. The van der Waals surface area contributed by atoms with Crippen LogP contribution in [0.2, 0.25) is 0 Å². The minimum Gasteiger partial charge on any atom is -0.388 e. The van der Waals surface area contributed by atoms with Gasteiger partial charge in [-0.05, 0) is 41.5 Å².